The molecule has 3 aliphatic heterocycles. The van der Waals surface area contributed by atoms with Crippen LogP contribution in [0.25, 0.3) is 11.2 Å². The van der Waals surface area contributed by atoms with E-state index in [1.807, 2.05) is 4.72 Å². The van der Waals surface area contributed by atoms with Crippen molar-refractivity contribution in [3.63, 3.8) is 0 Å². The summed E-state index contributed by atoms with van der Waals surface area (Å²) in [4.78, 5) is 35.3. The van der Waals surface area contributed by atoms with E-state index in [-0.39, 0.29) is 24.7 Å². The zero-order chi connectivity index (χ0) is 23.5. The van der Waals surface area contributed by atoms with Crippen molar-refractivity contribution in [2.24, 2.45) is 0 Å². The van der Waals surface area contributed by atoms with Crippen molar-refractivity contribution in [1.82, 2.24) is 34.3 Å². The van der Waals surface area contributed by atoms with Crippen molar-refractivity contribution in [3.05, 3.63) is 12.7 Å². The number of aromatic nitrogens is 4. The predicted molar refractivity (Wildman–Crippen MR) is 109 cm³/mol. The number of nitrogens with zero attached hydrogens (tertiary/aromatic N) is 4. The fourth-order valence-corrected chi connectivity index (χ4v) is 4.91. The van der Waals surface area contributed by atoms with Gasteiger partial charge in [-0.25, -0.2) is 19.7 Å². The number of ether oxygens (including phenoxy) is 3. The normalized spacial score (nSPS) is 30.6. The molecule has 2 aromatic rings. The summed E-state index contributed by atoms with van der Waals surface area (Å²) in [6, 6.07) is -0.873. The minimum atomic E-state index is -4.21. The molecule has 2 amide bonds. The molecule has 1 unspecified atom stereocenters. The highest BCUT2D eigenvalue weighted by atomic mass is 32.2. The maximum Gasteiger partial charge on any atom is 0.301 e. The maximum absolute atomic E-state index is 12.3. The average Bonchev–Trinajstić information content (AvgIpc) is 3.35. The number of nitrogens with two attached hydrogens (primary N) is 1. The van der Waals surface area contributed by atoms with Gasteiger partial charge in [0.05, 0.1) is 12.7 Å². The molecule has 0 aliphatic carbocycles. The summed E-state index contributed by atoms with van der Waals surface area (Å²) in [5.41, 5.74) is 6.69. The zero-order valence-electron chi connectivity index (χ0n) is 17.6. The molecule has 5 heterocycles. The number of nitrogen functional groups attached to an aromatic ring is 1. The van der Waals surface area contributed by atoms with Crippen LogP contribution in [0.15, 0.2) is 12.7 Å². The molecule has 5 rings (SSSR count). The third-order valence-corrected chi connectivity index (χ3v) is 6.55. The van der Waals surface area contributed by atoms with E-state index in [9.17, 15) is 18.0 Å². The molecule has 0 bridgehead atoms. The lowest BCUT2D eigenvalue weighted by atomic mass is 10.1. The number of hydrogen-bond donors (Lipinski definition) is 4. The second-order valence-electron chi connectivity index (χ2n) is 8.36. The molecule has 0 aromatic carbocycles. The van der Waals surface area contributed by atoms with Crippen molar-refractivity contribution in [1.29, 1.82) is 0 Å². The molecule has 178 valence electrons. The van der Waals surface area contributed by atoms with E-state index in [1.165, 1.54) is 12.7 Å². The van der Waals surface area contributed by atoms with E-state index in [0.717, 1.165) is 0 Å². The van der Waals surface area contributed by atoms with Crippen LogP contribution in [0, 0.1) is 0 Å². The topological polar surface area (TPSA) is 202 Å². The van der Waals surface area contributed by atoms with Crippen molar-refractivity contribution >= 4 is 39.0 Å². The van der Waals surface area contributed by atoms with E-state index < -0.39 is 52.5 Å². The Morgan fingerprint density at radius 3 is 2.76 bits per heavy atom. The highest BCUT2D eigenvalue weighted by Crippen LogP contribution is 2.43. The summed E-state index contributed by atoms with van der Waals surface area (Å²) in [5.74, 6) is -1.87. The van der Waals surface area contributed by atoms with Gasteiger partial charge in [-0.05, 0) is 13.8 Å². The highest BCUT2D eigenvalue weighted by molar-refractivity contribution is 7.88. The van der Waals surface area contributed by atoms with Gasteiger partial charge in [0.2, 0.25) is 5.91 Å². The minimum Gasteiger partial charge on any atom is -0.382 e. The van der Waals surface area contributed by atoms with Crippen LogP contribution >= 0.6 is 0 Å². The molecule has 33 heavy (non-hydrogen) atoms. The third kappa shape index (κ3) is 3.99. The number of carbonyl (C=O) groups excluding carboxylic acids is 2. The van der Waals surface area contributed by atoms with Crippen LogP contribution in [-0.4, -0.2) is 76.4 Å². The SMILES string of the molecule is CC1(C)OC2[C@@H](CNS(=O)(=O)NC(=O)[C@@H]3CC(=O)N3)O[C@@H](n3cnc4c(N)ncnc43)[C@H]2O1. The van der Waals surface area contributed by atoms with Crippen LogP contribution in [0.3, 0.4) is 0 Å². The van der Waals surface area contributed by atoms with Gasteiger partial charge in [0.1, 0.15) is 36.2 Å². The number of rotatable bonds is 6. The Kier molecular flexibility index (Phi) is 5.02. The Balaban J connectivity index is 1.32. The average molecular weight is 482 g/mol. The Morgan fingerprint density at radius 1 is 1.30 bits per heavy atom. The van der Waals surface area contributed by atoms with Gasteiger partial charge in [-0.2, -0.15) is 13.1 Å². The fourth-order valence-electron chi connectivity index (χ4n) is 4.05. The first kappa shape index (κ1) is 21.9. The number of nitrogens with one attached hydrogen (secondary N) is 3. The van der Waals surface area contributed by atoms with Gasteiger partial charge in [0.25, 0.3) is 5.91 Å². The van der Waals surface area contributed by atoms with Crippen LogP contribution < -0.4 is 20.5 Å². The van der Waals surface area contributed by atoms with Crippen LogP contribution in [0.5, 0.6) is 0 Å². The van der Waals surface area contributed by atoms with Gasteiger partial charge in [-0.15, -0.1) is 0 Å². The summed E-state index contributed by atoms with van der Waals surface area (Å²) in [6.45, 7) is 3.27. The van der Waals surface area contributed by atoms with Gasteiger partial charge in [0, 0.05) is 6.54 Å². The first-order valence-electron chi connectivity index (χ1n) is 10.1. The van der Waals surface area contributed by atoms with Crippen LogP contribution in [-0.2, 0) is 34.0 Å². The fraction of sp³-hybridized carbons (Fsp3) is 0.588. The number of fused-ring (bicyclic) bond motifs is 2. The van der Waals surface area contributed by atoms with Crippen molar-refractivity contribution in [2.45, 2.75) is 56.6 Å². The van der Waals surface area contributed by atoms with E-state index in [2.05, 4.69) is 25.0 Å². The molecule has 0 saturated carbocycles. The second kappa shape index (κ2) is 7.56. The number of carbonyl (C=O) groups is 2. The number of β-lactam (4-membered cyclic amide) rings is 1. The Hall–Kier alpha value is -2.92. The standard InChI is InChI=1S/C17H22N8O7S/c1-17(2)31-11-8(4-22-33(28,29)24-15(27)7-3-9(26)23-7)30-16(12(11)32-17)25-6-21-10-13(18)19-5-20-14(10)25/h5-8,11-12,16,22H,3-4H2,1-2H3,(H,23,26)(H,24,27)(H2,18,19,20)/t7-,8+,11?,12-,16+/m0/s1. The molecule has 5 N–H and O–H groups in total. The molecular formula is C17H22N8O7S. The lowest BCUT2D eigenvalue weighted by molar-refractivity contribution is -0.195. The Labute approximate surface area is 187 Å². The number of anilines is 1. The summed E-state index contributed by atoms with van der Waals surface area (Å²) >= 11 is 0. The smallest absolute Gasteiger partial charge is 0.301 e. The maximum atomic E-state index is 12.3. The Bertz CT molecular complexity index is 1220. The van der Waals surface area contributed by atoms with Crippen LogP contribution in [0.4, 0.5) is 5.82 Å². The molecule has 3 aliphatic rings. The monoisotopic (exact) mass is 482 g/mol. The summed E-state index contributed by atoms with van der Waals surface area (Å²) < 4.78 is 48.5. The van der Waals surface area contributed by atoms with Crippen LogP contribution in [0.2, 0.25) is 0 Å². The highest BCUT2D eigenvalue weighted by Gasteiger charge is 2.56. The van der Waals surface area contributed by atoms with Gasteiger partial charge in [-0.3, -0.25) is 14.2 Å². The summed E-state index contributed by atoms with van der Waals surface area (Å²) in [6.07, 6.45) is 0.0295. The van der Waals surface area contributed by atoms with Crippen molar-refractivity contribution in [2.75, 3.05) is 12.3 Å². The molecule has 3 saturated heterocycles. The van der Waals surface area contributed by atoms with Crippen molar-refractivity contribution < 1.29 is 32.2 Å². The largest absolute Gasteiger partial charge is 0.382 e. The first-order valence-corrected chi connectivity index (χ1v) is 11.6. The lowest BCUT2D eigenvalue weighted by Crippen LogP contribution is -2.59. The lowest BCUT2D eigenvalue weighted by Gasteiger charge is -2.26. The number of hydrogen-bond acceptors (Lipinski definition) is 11. The van der Waals surface area contributed by atoms with Gasteiger partial charge < -0.3 is 25.3 Å². The van der Waals surface area contributed by atoms with Gasteiger partial charge in [-0.1, -0.05) is 0 Å². The predicted octanol–water partition coefficient (Wildman–Crippen LogP) is -2.33. The van der Waals surface area contributed by atoms with E-state index in [1.54, 1.807) is 18.4 Å². The number of imidazole rings is 1. The first-order chi connectivity index (χ1) is 15.5. The summed E-state index contributed by atoms with van der Waals surface area (Å²) in [5, 5.41) is 2.31. The van der Waals surface area contributed by atoms with E-state index >= 15 is 0 Å². The number of amides is 2. The van der Waals surface area contributed by atoms with Crippen molar-refractivity contribution in [3.8, 4) is 0 Å². The molecule has 5 atom stereocenters. The minimum absolute atomic E-state index is 0.0638. The molecule has 2 aromatic heterocycles. The third-order valence-electron chi connectivity index (χ3n) is 5.54. The molecule has 3 fully saturated rings. The molecule has 0 radical (unpaired) electrons. The van der Waals surface area contributed by atoms with E-state index in [4.69, 9.17) is 19.9 Å². The second-order valence-corrected chi connectivity index (χ2v) is 9.85. The molecule has 0 spiro atoms. The van der Waals surface area contributed by atoms with Gasteiger partial charge in [0.15, 0.2) is 23.5 Å². The quantitative estimate of drug-likeness (QED) is 0.321. The Morgan fingerprint density at radius 2 is 2.03 bits per heavy atom. The molecule has 16 heteroatoms. The van der Waals surface area contributed by atoms with Crippen LogP contribution in [0.1, 0.15) is 26.5 Å². The molecule has 15 nitrogen and oxygen atoms in total. The van der Waals surface area contributed by atoms with E-state index in [0.29, 0.717) is 11.2 Å². The van der Waals surface area contributed by atoms with Gasteiger partial charge >= 0.3 is 10.2 Å². The molecular weight excluding hydrogens is 460 g/mol. The summed E-state index contributed by atoms with van der Waals surface area (Å²) in [7, 11) is -4.21. The zero-order valence-corrected chi connectivity index (χ0v) is 18.4.